The molecule has 0 heterocycles. The fourth-order valence-electron chi connectivity index (χ4n) is 2.73. The summed E-state index contributed by atoms with van der Waals surface area (Å²) >= 11 is 0. The van der Waals surface area contributed by atoms with Gasteiger partial charge in [0.25, 0.3) is 0 Å². The maximum Gasteiger partial charge on any atom is 0.511 e. The fraction of sp³-hybridized carbons (Fsp3) is 0.760. The number of hydrogen-bond donors (Lipinski definition) is 0. The average molecular weight is 457 g/mol. The number of benzene rings is 1. The summed E-state index contributed by atoms with van der Waals surface area (Å²) in [5.41, 5.74) is 1.60. The molecule has 0 aliphatic carbocycles. The first-order chi connectivity index (χ1) is 14.2. The molecule has 0 bridgehead atoms. The molecule has 0 aromatic heterocycles. The van der Waals surface area contributed by atoms with Crippen molar-refractivity contribution in [3.8, 4) is 5.75 Å². The maximum atomic E-state index is 13.3. The quantitative estimate of drug-likeness (QED) is 0.169. The van der Waals surface area contributed by atoms with Crippen LogP contribution in [0.15, 0.2) is 24.3 Å². The van der Waals surface area contributed by atoms with E-state index in [4.69, 9.17) is 18.6 Å². The Morgan fingerprint density at radius 2 is 1.23 bits per heavy atom. The molecule has 0 aliphatic heterocycles. The van der Waals surface area contributed by atoms with E-state index in [-0.39, 0.29) is 22.7 Å². The summed E-state index contributed by atoms with van der Waals surface area (Å²) in [6.45, 7) is 20.0. The molecule has 0 amide bonds. The Labute approximate surface area is 190 Å². The van der Waals surface area contributed by atoms with Crippen molar-refractivity contribution < 1.29 is 23.2 Å². The second kappa shape index (κ2) is 12.4. The van der Waals surface area contributed by atoms with Crippen LogP contribution in [0.3, 0.4) is 0 Å². The smallest absolute Gasteiger partial charge is 0.327 e. The molecule has 6 heteroatoms. The van der Waals surface area contributed by atoms with Crippen LogP contribution in [0.25, 0.3) is 0 Å². The fourth-order valence-corrected chi connectivity index (χ4v) is 3.94. The Kier molecular flexibility index (Phi) is 11.3. The predicted octanol–water partition coefficient (Wildman–Crippen LogP) is 8.37. The lowest BCUT2D eigenvalue weighted by molar-refractivity contribution is -0.134. The average Bonchev–Trinajstić information content (AvgIpc) is 2.66. The van der Waals surface area contributed by atoms with E-state index in [1.165, 1.54) is 0 Å². The Balaban J connectivity index is 2.68. The van der Waals surface area contributed by atoms with Gasteiger partial charge in [-0.1, -0.05) is 77.8 Å². The molecule has 0 radical (unpaired) electrons. The molecule has 0 saturated heterocycles. The van der Waals surface area contributed by atoms with Crippen molar-refractivity contribution in [3.05, 3.63) is 29.8 Å². The summed E-state index contributed by atoms with van der Waals surface area (Å²) in [5, 5.41) is 0. The molecule has 180 valence electrons. The molecule has 1 aromatic carbocycles. The third-order valence-electron chi connectivity index (χ3n) is 5.05. The van der Waals surface area contributed by atoms with Crippen molar-refractivity contribution in [3.63, 3.8) is 0 Å². The Morgan fingerprint density at radius 1 is 0.806 bits per heavy atom. The van der Waals surface area contributed by atoms with Gasteiger partial charge in [0, 0.05) is 0 Å². The van der Waals surface area contributed by atoms with Gasteiger partial charge in [-0.2, -0.15) is 0 Å². The first-order valence-electron chi connectivity index (χ1n) is 11.5. The number of hydrogen-bond acceptors (Lipinski definition) is 5. The van der Waals surface area contributed by atoms with E-state index in [9.17, 15) is 4.57 Å². The van der Waals surface area contributed by atoms with Crippen molar-refractivity contribution in [1.82, 2.24) is 0 Å². The molecular weight excluding hydrogens is 411 g/mol. The first-order valence-corrected chi connectivity index (χ1v) is 13.0. The van der Waals surface area contributed by atoms with E-state index >= 15 is 0 Å². The standard InChI is InChI=1S/C25H45O5P/c1-20-10-12-23(13-11-20)29-30-31(26,27-18-21(2)14-16-24(4,5)6)28-19-22(3)15-17-25(7,8)9/h10-13,21-22H,14-19H2,1-9H3. The molecule has 1 rings (SSSR count). The summed E-state index contributed by atoms with van der Waals surface area (Å²) in [7, 11) is -3.86. The van der Waals surface area contributed by atoms with Gasteiger partial charge in [0.1, 0.15) is 0 Å². The van der Waals surface area contributed by atoms with Gasteiger partial charge in [0.05, 0.1) is 13.2 Å². The SMILES string of the molecule is Cc1ccc(OOP(=O)(OCC(C)CCC(C)(C)C)OCC(C)CCC(C)(C)C)cc1. The summed E-state index contributed by atoms with van der Waals surface area (Å²) in [5.74, 6) is 0.925. The van der Waals surface area contributed by atoms with E-state index in [2.05, 4.69) is 55.4 Å². The highest BCUT2D eigenvalue weighted by molar-refractivity contribution is 7.48. The molecule has 0 aliphatic rings. The summed E-state index contributed by atoms with van der Waals surface area (Å²) in [6, 6.07) is 7.32. The van der Waals surface area contributed by atoms with Crippen LogP contribution in [0.1, 0.15) is 86.6 Å². The van der Waals surface area contributed by atoms with Crippen LogP contribution in [0.2, 0.25) is 0 Å². The van der Waals surface area contributed by atoms with Crippen LogP contribution in [-0.2, 0) is 18.3 Å². The summed E-state index contributed by atoms with van der Waals surface area (Å²) < 4.78 is 29.9. The summed E-state index contributed by atoms with van der Waals surface area (Å²) in [4.78, 5) is 5.31. The molecular formula is C25H45O5P. The van der Waals surface area contributed by atoms with E-state index in [1.807, 2.05) is 19.1 Å². The maximum absolute atomic E-state index is 13.3. The molecule has 0 fully saturated rings. The number of phosphoric acid groups is 1. The highest BCUT2D eigenvalue weighted by Crippen LogP contribution is 2.50. The third kappa shape index (κ3) is 14.0. The molecule has 31 heavy (non-hydrogen) atoms. The van der Waals surface area contributed by atoms with Crippen LogP contribution >= 0.6 is 7.82 Å². The van der Waals surface area contributed by atoms with Crippen molar-refractivity contribution >= 4 is 7.82 Å². The van der Waals surface area contributed by atoms with Gasteiger partial charge in [-0.25, -0.2) is 4.57 Å². The predicted molar refractivity (Wildman–Crippen MR) is 128 cm³/mol. The van der Waals surface area contributed by atoms with Gasteiger partial charge in [0.15, 0.2) is 5.75 Å². The lowest BCUT2D eigenvalue weighted by Crippen LogP contribution is -2.15. The number of rotatable bonds is 13. The minimum absolute atomic E-state index is 0.234. The first kappa shape index (κ1) is 28.2. The second-order valence-electron chi connectivity index (χ2n) is 11.4. The van der Waals surface area contributed by atoms with Crippen molar-refractivity contribution in [2.75, 3.05) is 13.2 Å². The molecule has 1 aromatic rings. The molecule has 0 saturated carbocycles. The van der Waals surface area contributed by atoms with Gasteiger partial charge in [0.2, 0.25) is 0 Å². The number of phosphoric ester groups is 1. The van der Waals surface area contributed by atoms with E-state index in [0.717, 1.165) is 31.2 Å². The normalized spacial score (nSPS) is 16.5. The third-order valence-corrected chi connectivity index (χ3v) is 6.24. The zero-order valence-corrected chi connectivity index (χ0v) is 22.1. The zero-order valence-electron chi connectivity index (χ0n) is 21.2. The second-order valence-corrected chi connectivity index (χ2v) is 13.0. The van der Waals surface area contributed by atoms with Crippen molar-refractivity contribution in [2.45, 2.75) is 88.0 Å². The Hall–Kier alpha value is -0.870. The minimum Gasteiger partial charge on any atom is -0.327 e. The lowest BCUT2D eigenvalue weighted by atomic mass is 9.87. The minimum atomic E-state index is -3.86. The molecule has 5 nitrogen and oxygen atoms in total. The van der Waals surface area contributed by atoms with Crippen LogP contribution in [0.4, 0.5) is 0 Å². The lowest BCUT2D eigenvalue weighted by Gasteiger charge is -2.24. The van der Waals surface area contributed by atoms with Gasteiger partial charge < -0.3 is 4.89 Å². The van der Waals surface area contributed by atoms with Gasteiger partial charge >= 0.3 is 7.82 Å². The van der Waals surface area contributed by atoms with Crippen LogP contribution in [0.5, 0.6) is 5.75 Å². The van der Waals surface area contributed by atoms with Crippen LogP contribution < -0.4 is 4.89 Å². The van der Waals surface area contributed by atoms with Gasteiger partial charge in [-0.3, -0.25) is 9.05 Å². The van der Waals surface area contributed by atoms with Crippen molar-refractivity contribution in [2.24, 2.45) is 22.7 Å². The molecule has 2 unspecified atom stereocenters. The molecule has 0 N–H and O–H groups in total. The van der Waals surface area contributed by atoms with Crippen LogP contribution in [0, 0.1) is 29.6 Å². The number of aryl methyl sites for hydroxylation is 1. The monoisotopic (exact) mass is 456 g/mol. The summed E-state index contributed by atoms with van der Waals surface area (Å²) in [6.07, 6.45) is 4.08. The Morgan fingerprint density at radius 3 is 1.61 bits per heavy atom. The van der Waals surface area contributed by atoms with E-state index < -0.39 is 7.82 Å². The zero-order chi connectivity index (χ0) is 23.7. The highest BCUT2D eigenvalue weighted by Gasteiger charge is 2.31. The van der Waals surface area contributed by atoms with Gasteiger partial charge in [-0.05, 0) is 67.4 Å². The Bertz CT molecular complexity index is 641. The van der Waals surface area contributed by atoms with E-state index in [0.29, 0.717) is 19.0 Å². The molecule has 0 spiro atoms. The molecule has 2 atom stereocenters. The van der Waals surface area contributed by atoms with Crippen molar-refractivity contribution in [1.29, 1.82) is 0 Å². The van der Waals surface area contributed by atoms with E-state index in [1.54, 1.807) is 12.1 Å². The highest BCUT2D eigenvalue weighted by atomic mass is 31.2. The topological polar surface area (TPSA) is 54.0 Å². The van der Waals surface area contributed by atoms with Gasteiger partial charge in [-0.15, -0.1) is 0 Å². The van der Waals surface area contributed by atoms with Crippen LogP contribution in [-0.4, -0.2) is 13.2 Å². The largest absolute Gasteiger partial charge is 0.511 e.